The second-order valence-corrected chi connectivity index (χ2v) is 10.0. The van der Waals surface area contributed by atoms with Crippen LogP contribution in [0, 0.1) is 5.92 Å². The van der Waals surface area contributed by atoms with Gasteiger partial charge < -0.3 is 0 Å². The van der Waals surface area contributed by atoms with Crippen molar-refractivity contribution in [1.29, 1.82) is 0 Å². The maximum absolute atomic E-state index is 13.1. The number of piperidine rings is 1. The van der Waals surface area contributed by atoms with Crippen molar-refractivity contribution in [3.63, 3.8) is 0 Å². The molecule has 1 aliphatic heterocycles. The molecule has 4 rings (SSSR count). The number of hydrogen-bond donors (Lipinski definition) is 0. The Balaban J connectivity index is 1.49. The molecule has 0 radical (unpaired) electrons. The number of hydrogen-bond acceptors (Lipinski definition) is 4. The SMILES string of the molecule is CC(=O)c1ccc(S(=O)(=O)N2CCC[C@@H](C(=O)c3ccc(-c4ccccc4)cc3)C2)cc1. The Kier molecular flexibility index (Phi) is 6.35. The summed E-state index contributed by atoms with van der Waals surface area (Å²) in [5.74, 6) is -0.523. The molecule has 1 atom stereocenters. The van der Waals surface area contributed by atoms with E-state index in [2.05, 4.69) is 0 Å². The summed E-state index contributed by atoms with van der Waals surface area (Å²) >= 11 is 0. The highest BCUT2D eigenvalue weighted by atomic mass is 32.2. The van der Waals surface area contributed by atoms with Crippen LogP contribution in [0.4, 0.5) is 0 Å². The van der Waals surface area contributed by atoms with Crippen LogP contribution >= 0.6 is 0 Å². The Bertz CT molecular complexity index is 1220. The number of nitrogens with zero attached hydrogens (tertiary/aromatic N) is 1. The first-order valence-corrected chi connectivity index (χ1v) is 12.1. The minimum Gasteiger partial charge on any atom is -0.295 e. The van der Waals surface area contributed by atoms with E-state index < -0.39 is 10.0 Å². The van der Waals surface area contributed by atoms with E-state index in [1.807, 2.05) is 54.6 Å². The summed E-state index contributed by atoms with van der Waals surface area (Å²) in [6.07, 6.45) is 1.29. The van der Waals surface area contributed by atoms with Gasteiger partial charge >= 0.3 is 0 Å². The van der Waals surface area contributed by atoms with Crippen molar-refractivity contribution >= 4 is 21.6 Å². The van der Waals surface area contributed by atoms with Gasteiger partial charge in [0, 0.05) is 30.1 Å². The Morgan fingerprint density at radius 1 is 0.812 bits per heavy atom. The minimum atomic E-state index is -3.73. The zero-order valence-corrected chi connectivity index (χ0v) is 18.7. The molecule has 0 aromatic heterocycles. The molecule has 1 saturated heterocycles. The number of rotatable bonds is 6. The van der Waals surface area contributed by atoms with Crippen molar-refractivity contribution in [3.8, 4) is 11.1 Å². The Morgan fingerprint density at radius 2 is 1.41 bits per heavy atom. The van der Waals surface area contributed by atoms with Crippen LogP contribution in [-0.2, 0) is 10.0 Å². The molecule has 0 aliphatic carbocycles. The Morgan fingerprint density at radius 3 is 2.03 bits per heavy atom. The van der Waals surface area contributed by atoms with E-state index in [1.165, 1.54) is 35.5 Å². The van der Waals surface area contributed by atoms with Crippen molar-refractivity contribution in [2.45, 2.75) is 24.7 Å². The highest BCUT2D eigenvalue weighted by Crippen LogP contribution is 2.27. The molecule has 5 nitrogen and oxygen atoms in total. The van der Waals surface area contributed by atoms with Gasteiger partial charge in [-0.25, -0.2) is 8.42 Å². The molecule has 0 spiro atoms. The average Bonchev–Trinajstić information content (AvgIpc) is 2.84. The summed E-state index contributed by atoms with van der Waals surface area (Å²) in [4.78, 5) is 24.7. The number of benzene rings is 3. The molecule has 32 heavy (non-hydrogen) atoms. The first-order valence-electron chi connectivity index (χ1n) is 10.7. The van der Waals surface area contributed by atoms with Crippen LogP contribution in [0.3, 0.4) is 0 Å². The van der Waals surface area contributed by atoms with Crippen LogP contribution < -0.4 is 0 Å². The summed E-state index contributed by atoms with van der Waals surface area (Å²) in [6.45, 7) is 1.99. The molecule has 1 aliphatic rings. The number of sulfonamides is 1. The van der Waals surface area contributed by atoms with Crippen molar-refractivity contribution in [2.24, 2.45) is 5.92 Å². The maximum atomic E-state index is 13.1. The zero-order valence-electron chi connectivity index (χ0n) is 17.9. The minimum absolute atomic E-state index is 0.0311. The quantitative estimate of drug-likeness (QED) is 0.507. The standard InChI is InChI=1S/C26H25NO4S/c1-19(28)20-13-15-25(16-14-20)32(30,31)27-17-5-8-24(18-27)26(29)23-11-9-22(10-12-23)21-6-3-2-4-7-21/h2-4,6-7,9-16,24H,5,8,17-18H2,1H3/t24-/m1/s1. The summed E-state index contributed by atoms with van der Waals surface area (Å²) < 4.78 is 27.6. The lowest BCUT2D eigenvalue weighted by Gasteiger charge is -2.31. The predicted molar refractivity (Wildman–Crippen MR) is 124 cm³/mol. The van der Waals surface area contributed by atoms with E-state index in [0.717, 1.165) is 11.1 Å². The van der Waals surface area contributed by atoms with Crippen LogP contribution in [0.25, 0.3) is 11.1 Å². The molecule has 0 unspecified atom stereocenters. The van der Waals surface area contributed by atoms with E-state index in [-0.39, 0.29) is 28.9 Å². The Labute approximate surface area is 188 Å². The first-order chi connectivity index (χ1) is 15.4. The molecular weight excluding hydrogens is 422 g/mol. The highest BCUT2D eigenvalue weighted by Gasteiger charge is 2.33. The predicted octanol–water partition coefficient (Wildman–Crippen LogP) is 4.84. The normalized spacial score (nSPS) is 17.1. The molecule has 164 valence electrons. The molecule has 6 heteroatoms. The number of ketones is 2. The van der Waals surface area contributed by atoms with Crippen LogP contribution in [0.2, 0.25) is 0 Å². The van der Waals surface area contributed by atoms with Crippen LogP contribution in [-0.4, -0.2) is 37.4 Å². The molecule has 1 heterocycles. The summed E-state index contributed by atoms with van der Waals surface area (Å²) in [6, 6.07) is 23.4. The van der Waals surface area contributed by atoms with Crippen molar-refractivity contribution in [1.82, 2.24) is 4.31 Å². The number of carbonyl (C=O) groups excluding carboxylic acids is 2. The Hall–Kier alpha value is -3.09. The second-order valence-electron chi connectivity index (χ2n) is 8.09. The third-order valence-electron chi connectivity index (χ3n) is 5.93. The lowest BCUT2D eigenvalue weighted by Crippen LogP contribution is -2.42. The molecule has 1 fully saturated rings. The van der Waals surface area contributed by atoms with E-state index in [9.17, 15) is 18.0 Å². The van der Waals surface area contributed by atoms with Gasteiger partial charge in [-0.2, -0.15) is 4.31 Å². The van der Waals surface area contributed by atoms with Crippen molar-refractivity contribution in [3.05, 3.63) is 90.0 Å². The van der Waals surface area contributed by atoms with E-state index in [4.69, 9.17) is 0 Å². The third-order valence-corrected chi connectivity index (χ3v) is 7.81. The monoisotopic (exact) mass is 447 g/mol. The fourth-order valence-corrected chi connectivity index (χ4v) is 5.60. The van der Waals surface area contributed by atoms with Gasteiger partial charge in [0.1, 0.15) is 0 Å². The average molecular weight is 448 g/mol. The maximum Gasteiger partial charge on any atom is 0.243 e. The first kappa shape index (κ1) is 22.1. The van der Waals surface area contributed by atoms with E-state index in [1.54, 1.807) is 0 Å². The van der Waals surface area contributed by atoms with Crippen LogP contribution in [0.5, 0.6) is 0 Å². The van der Waals surface area contributed by atoms with Crippen LogP contribution in [0.1, 0.15) is 40.5 Å². The molecule has 3 aromatic carbocycles. The fraction of sp³-hybridized carbons (Fsp3) is 0.231. The molecule has 3 aromatic rings. The third kappa shape index (κ3) is 4.56. The molecule has 0 N–H and O–H groups in total. The van der Waals surface area contributed by atoms with Crippen molar-refractivity contribution in [2.75, 3.05) is 13.1 Å². The van der Waals surface area contributed by atoms with E-state index >= 15 is 0 Å². The summed E-state index contributed by atoms with van der Waals surface area (Å²) in [5.41, 5.74) is 3.18. The summed E-state index contributed by atoms with van der Waals surface area (Å²) in [5, 5.41) is 0. The van der Waals surface area contributed by atoms with Crippen molar-refractivity contribution < 1.29 is 18.0 Å². The molecule has 0 bridgehead atoms. The number of carbonyl (C=O) groups is 2. The lowest BCUT2D eigenvalue weighted by atomic mass is 9.90. The van der Waals surface area contributed by atoms with Gasteiger partial charge in [-0.15, -0.1) is 0 Å². The smallest absolute Gasteiger partial charge is 0.243 e. The van der Waals surface area contributed by atoms with Gasteiger partial charge in [-0.3, -0.25) is 9.59 Å². The van der Waals surface area contributed by atoms with Gasteiger partial charge in [-0.1, -0.05) is 66.7 Å². The van der Waals surface area contributed by atoms with Crippen LogP contribution in [0.15, 0.2) is 83.8 Å². The van der Waals surface area contributed by atoms with Gasteiger partial charge in [0.15, 0.2) is 11.6 Å². The van der Waals surface area contributed by atoms with E-state index in [0.29, 0.717) is 30.5 Å². The van der Waals surface area contributed by atoms with Gasteiger partial charge in [-0.05, 0) is 43.0 Å². The highest BCUT2D eigenvalue weighted by molar-refractivity contribution is 7.89. The molecular formula is C26H25NO4S. The number of Topliss-reactive ketones (excluding diaryl/α,β-unsaturated/α-hetero) is 2. The van der Waals surface area contributed by atoms with Gasteiger partial charge in [0.25, 0.3) is 0 Å². The summed E-state index contributed by atoms with van der Waals surface area (Å²) in [7, 11) is -3.73. The van der Waals surface area contributed by atoms with Gasteiger partial charge in [0.2, 0.25) is 10.0 Å². The fourth-order valence-electron chi connectivity index (χ4n) is 4.08. The largest absolute Gasteiger partial charge is 0.295 e. The lowest BCUT2D eigenvalue weighted by molar-refractivity contribution is 0.0872. The topological polar surface area (TPSA) is 71.5 Å². The molecule has 0 amide bonds. The zero-order chi connectivity index (χ0) is 22.7. The second kappa shape index (κ2) is 9.18. The molecule has 0 saturated carbocycles. The van der Waals surface area contributed by atoms with Gasteiger partial charge in [0.05, 0.1) is 4.90 Å².